The van der Waals surface area contributed by atoms with Gasteiger partial charge in [-0.05, 0) is 72.9 Å². The van der Waals surface area contributed by atoms with Gasteiger partial charge >= 0.3 is 5.97 Å². The molecule has 3 aromatic carbocycles. The fourth-order valence-corrected chi connectivity index (χ4v) is 5.90. The lowest BCUT2D eigenvalue weighted by Gasteiger charge is -2.33. The average molecular weight is 616 g/mol. The van der Waals surface area contributed by atoms with Crippen LogP contribution in [0.3, 0.4) is 0 Å². The Morgan fingerprint density at radius 3 is 2.12 bits per heavy atom. The van der Waals surface area contributed by atoms with Crippen LogP contribution in [0.4, 0.5) is 0 Å². The minimum Gasteiger partial charge on any atom is -0.466 e. The van der Waals surface area contributed by atoms with E-state index >= 15 is 0 Å². The Labute approximate surface area is 247 Å². The molecule has 7 nitrogen and oxygen atoms in total. The first-order chi connectivity index (χ1) is 19.8. The fraction of sp³-hybridized carbons (Fsp3) is 0.273. The molecule has 2 aliphatic rings. The van der Waals surface area contributed by atoms with Gasteiger partial charge in [-0.2, -0.15) is 0 Å². The summed E-state index contributed by atoms with van der Waals surface area (Å²) in [6.07, 6.45) is 1.14. The Kier molecular flexibility index (Phi) is 8.49. The van der Waals surface area contributed by atoms with Crippen LogP contribution in [-0.2, 0) is 20.9 Å². The van der Waals surface area contributed by atoms with Crippen molar-refractivity contribution >= 4 is 45.1 Å². The first-order valence-electron chi connectivity index (χ1n) is 13.8. The number of amides is 2. The van der Waals surface area contributed by atoms with Crippen LogP contribution in [0.2, 0.25) is 0 Å². The largest absolute Gasteiger partial charge is 0.466 e. The topological polar surface area (TPSA) is 84.0 Å². The summed E-state index contributed by atoms with van der Waals surface area (Å²) in [6, 6.07) is 22.1. The van der Waals surface area contributed by atoms with Crippen molar-refractivity contribution < 1.29 is 23.9 Å². The summed E-state index contributed by atoms with van der Waals surface area (Å²) in [4.78, 5) is 55.5. The van der Waals surface area contributed by atoms with Gasteiger partial charge in [-0.1, -0.05) is 52.3 Å². The van der Waals surface area contributed by atoms with Crippen molar-refractivity contribution in [3.8, 4) is 0 Å². The zero-order chi connectivity index (χ0) is 29.1. The number of esters is 1. The van der Waals surface area contributed by atoms with Crippen molar-refractivity contribution in [3.05, 3.63) is 111 Å². The molecule has 1 saturated heterocycles. The van der Waals surface area contributed by atoms with Crippen LogP contribution in [0, 0.1) is 5.92 Å². The predicted molar refractivity (Wildman–Crippen MR) is 159 cm³/mol. The van der Waals surface area contributed by atoms with E-state index in [1.54, 1.807) is 36.1 Å². The van der Waals surface area contributed by atoms with Gasteiger partial charge in [0.2, 0.25) is 0 Å². The standard InChI is InChI=1S/C33H31BrN2O5/c1-3-41-33(40)25-15-17-35(18-16-25)31(38)23-9-11-24(12-10-23)32(39)36-20-26-13-14-27(34)19-28(26)29(30(36)21(2)37)22-7-5-4-6-8-22/h4-14,19,25H,3,15-18,20H2,1-2H3. The number of benzene rings is 3. The van der Waals surface area contributed by atoms with Crippen molar-refractivity contribution in [1.29, 1.82) is 0 Å². The van der Waals surface area contributed by atoms with Gasteiger partial charge < -0.3 is 9.64 Å². The Hall–Kier alpha value is -4.04. The highest BCUT2D eigenvalue weighted by molar-refractivity contribution is 9.10. The number of carbonyl (C=O) groups excluding carboxylic acids is 4. The zero-order valence-corrected chi connectivity index (χ0v) is 24.6. The van der Waals surface area contributed by atoms with E-state index in [-0.39, 0.29) is 36.0 Å². The summed E-state index contributed by atoms with van der Waals surface area (Å²) in [5, 5.41) is 0. The molecule has 0 saturated carbocycles. The van der Waals surface area contributed by atoms with E-state index < -0.39 is 0 Å². The Morgan fingerprint density at radius 2 is 1.51 bits per heavy atom. The Morgan fingerprint density at radius 1 is 0.878 bits per heavy atom. The maximum atomic E-state index is 13.9. The van der Waals surface area contributed by atoms with Gasteiger partial charge in [0.05, 0.1) is 24.8 Å². The Bertz CT molecular complexity index is 1520. The van der Waals surface area contributed by atoms with E-state index in [0.29, 0.717) is 54.9 Å². The van der Waals surface area contributed by atoms with Crippen LogP contribution >= 0.6 is 15.9 Å². The Balaban J connectivity index is 1.40. The van der Waals surface area contributed by atoms with Crippen LogP contribution in [0.5, 0.6) is 0 Å². The average Bonchev–Trinajstić information content (AvgIpc) is 3.00. The number of fused-ring (bicyclic) bond motifs is 1. The number of Topliss-reactive ketones (excluding diaryl/α,β-unsaturated/α-hetero) is 1. The molecule has 41 heavy (non-hydrogen) atoms. The number of nitrogens with zero attached hydrogens (tertiary/aromatic N) is 2. The van der Waals surface area contributed by atoms with Crippen molar-refractivity contribution in [2.45, 2.75) is 33.2 Å². The molecule has 0 radical (unpaired) electrons. The monoisotopic (exact) mass is 614 g/mol. The second-order valence-corrected chi connectivity index (χ2v) is 11.2. The minimum atomic E-state index is -0.313. The van der Waals surface area contributed by atoms with Gasteiger partial charge in [0.25, 0.3) is 11.8 Å². The number of piperidine rings is 1. The van der Waals surface area contributed by atoms with Crippen LogP contribution < -0.4 is 0 Å². The number of hydrogen-bond acceptors (Lipinski definition) is 5. The number of carbonyl (C=O) groups is 4. The second-order valence-electron chi connectivity index (χ2n) is 10.2. The number of halogens is 1. The first-order valence-corrected chi connectivity index (χ1v) is 14.5. The number of likely N-dealkylation sites (tertiary alicyclic amines) is 1. The summed E-state index contributed by atoms with van der Waals surface area (Å²) in [6.45, 7) is 4.82. The molecular weight excluding hydrogens is 584 g/mol. The first kappa shape index (κ1) is 28.5. The molecule has 0 aromatic heterocycles. The summed E-state index contributed by atoms with van der Waals surface area (Å²) in [7, 11) is 0. The molecular formula is C33H31BrN2O5. The van der Waals surface area contributed by atoms with E-state index in [2.05, 4.69) is 15.9 Å². The fourth-order valence-electron chi connectivity index (χ4n) is 5.54. The van der Waals surface area contributed by atoms with Crippen molar-refractivity contribution in [1.82, 2.24) is 9.80 Å². The predicted octanol–water partition coefficient (Wildman–Crippen LogP) is 5.87. The lowest BCUT2D eigenvalue weighted by molar-refractivity contribution is -0.149. The van der Waals surface area contributed by atoms with Gasteiger partial charge in [0, 0.05) is 41.2 Å². The molecule has 2 aliphatic heterocycles. The van der Waals surface area contributed by atoms with E-state index in [9.17, 15) is 19.2 Å². The molecule has 0 aliphatic carbocycles. The molecule has 1 fully saturated rings. The molecule has 0 unspecified atom stereocenters. The molecule has 0 atom stereocenters. The molecule has 3 aromatic rings. The molecule has 2 amide bonds. The highest BCUT2D eigenvalue weighted by atomic mass is 79.9. The summed E-state index contributed by atoms with van der Waals surface area (Å²) < 4.78 is 6.01. The lowest BCUT2D eigenvalue weighted by atomic mass is 9.87. The van der Waals surface area contributed by atoms with E-state index in [4.69, 9.17) is 4.74 Å². The number of rotatable bonds is 6. The smallest absolute Gasteiger partial charge is 0.309 e. The summed E-state index contributed by atoms with van der Waals surface area (Å²) >= 11 is 3.55. The molecule has 210 valence electrons. The van der Waals surface area contributed by atoms with Crippen LogP contribution in [0.15, 0.2) is 83.0 Å². The number of allylic oxidation sites excluding steroid dienone is 1. The zero-order valence-electron chi connectivity index (χ0n) is 23.1. The van der Waals surface area contributed by atoms with Crippen molar-refractivity contribution in [3.63, 3.8) is 0 Å². The quantitative estimate of drug-likeness (QED) is 0.324. The SMILES string of the molecule is CCOC(=O)C1CCN(C(=O)c2ccc(C(=O)N3Cc4ccc(Br)cc4C(c4ccccc4)=C3C(C)=O)cc2)CC1. The molecule has 0 bridgehead atoms. The van der Waals surface area contributed by atoms with Gasteiger partial charge in [0.15, 0.2) is 5.78 Å². The van der Waals surface area contributed by atoms with E-state index in [0.717, 1.165) is 21.2 Å². The molecule has 5 rings (SSSR count). The maximum absolute atomic E-state index is 13.9. The summed E-state index contributed by atoms with van der Waals surface area (Å²) in [5.74, 6) is -1.05. The van der Waals surface area contributed by atoms with Crippen LogP contribution in [0.25, 0.3) is 5.57 Å². The number of ketones is 1. The third-order valence-electron chi connectivity index (χ3n) is 7.60. The molecule has 2 heterocycles. The lowest BCUT2D eigenvalue weighted by Crippen LogP contribution is -2.40. The van der Waals surface area contributed by atoms with Crippen molar-refractivity contribution in [2.75, 3.05) is 19.7 Å². The molecule has 0 spiro atoms. The second kappa shape index (κ2) is 12.2. The summed E-state index contributed by atoms with van der Waals surface area (Å²) in [5.41, 5.74) is 4.60. The van der Waals surface area contributed by atoms with Crippen LogP contribution in [0.1, 0.15) is 64.1 Å². The third kappa shape index (κ3) is 5.88. The van der Waals surface area contributed by atoms with Crippen LogP contribution in [-0.4, -0.2) is 53.1 Å². The highest BCUT2D eigenvalue weighted by Crippen LogP contribution is 2.38. The van der Waals surface area contributed by atoms with Crippen molar-refractivity contribution in [2.24, 2.45) is 5.92 Å². The third-order valence-corrected chi connectivity index (χ3v) is 8.09. The van der Waals surface area contributed by atoms with Gasteiger partial charge in [-0.3, -0.25) is 24.1 Å². The molecule has 0 N–H and O–H groups in total. The number of ether oxygens (including phenoxy) is 1. The highest BCUT2D eigenvalue weighted by Gasteiger charge is 2.33. The number of hydrogen-bond donors (Lipinski definition) is 0. The van der Waals surface area contributed by atoms with E-state index in [1.807, 2.05) is 48.5 Å². The van der Waals surface area contributed by atoms with Gasteiger partial charge in [-0.25, -0.2) is 0 Å². The van der Waals surface area contributed by atoms with E-state index in [1.165, 1.54) is 11.8 Å². The minimum absolute atomic E-state index is 0.139. The maximum Gasteiger partial charge on any atom is 0.309 e. The van der Waals surface area contributed by atoms with Gasteiger partial charge in [0.1, 0.15) is 0 Å². The normalized spacial score (nSPS) is 15.4. The van der Waals surface area contributed by atoms with Gasteiger partial charge in [-0.15, -0.1) is 0 Å². The molecule has 8 heteroatoms.